The van der Waals surface area contributed by atoms with E-state index in [0.717, 1.165) is 5.75 Å². The summed E-state index contributed by atoms with van der Waals surface area (Å²) in [6.07, 6.45) is 0.138. The summed E-state index contributed by atoms with van der Waals surface area (Å²) in [5.41, 5.74) is 0.680. The fourth-order valence-corrected chi connectivity index (χ4v) is 2.92. The Morgan fingerprint density at radius 1 is 1.22 bits per heavy atom. The van der Waals surface area contributed by atoms with Crippen LogP contribution in [0.3, 0.4) is 0 Å². The lowest BCUT2D eigenvalue weighted by atomic mass is 10.2. The van der Waals surface area contributed by atoms with Crippen LogP contribution in [0.4, 0.5) is 10.5 Å². The van der Waals surface area contributed by atoms with Gasteiger partial charge in [0.25, 0.3) is 0 Å². The molecule has 142 valence electrons. The molecule has 6 nitrogen and oxygen atoms in total. The molecule has 0 bridgehead atoms. The normalized spacial score (nSPS) is 16.1. The third kappa shape index (κ3) is 5.62. The van der Waals surface area contributed by atoms with Crippen LogP contribution >= 0.6 is 11.6 Å². The van der Waals surface area contributed by atoms with Gasteiger partial charge >= 0.3 is 6.09 Å². The molecule has 1 N–H and O–H groups in total. The molecule has 2 amide bonds. The van der Waals surface area contributed by atoms with Gasteiger partial charge in [0.1, 0.15) is 11.9 Å². The quantitative estimate of drug-likeness (QED) is 0.701. The van der Waals surface area contributed by atoms with Gasteiger partial charge in [0.2, 0.25) is 5.91 Å². The molecule has 1 fully saturated rings. The second kappa shape index (κ2) is 9.28. The van der Waals surface area contributed by atoms with Gasteiger partial charge in [-0.2, -0.15) is 0 Å². The number of rotatable bonds is 8. The number of halogens is 1. The van der Waals surface area contributed by atoms with Crippen LogP contribution in [0.15, 0.2) is 54.6 Å². The molecule has 2 aromatic rings. The first-order valence-corrected chi connectivity index (χ1v) is 9.18. The van der Waals surface area contributed by atoms with Gasteiger partial charge in [-0.3, -0.25) is 9.69 Å². The summed E-state index contributed by atoms with van der Waals surface area (Å²) in [5.74, 6) is 0.695. The van der Waals surface area contributed by atoms with E-state index in [9.17, 15) is 9.59 Å². The lowest BCUT2D eigenvalue weighted by molar-refractivity contribution is -0.121. The first-order chi connectivity index (χ1) is 13.1. The number of carbonyl (C=O) groups is 2. The molecule has 3 rings (SSSR count). The number of carbonyl (C=O) groups excluding carboxylic acids is 2. The third-order valence-corrected chi connectivity index (χ3v) is 4.32. The molecule has 1 unspecified atom stereocenters. The third-order valence-electron chi connectivity index (χ3n) is 4.08. The topological polar surface area (TPSA) is 67.9 Å². The summed E-state index contributed by atoms with van der Waals surface area (Å²) >= 11 is 5.96. The van der Waals surface area contributed by atoms with Gasteiger partial charge in [0.15, 0.2) is 0 Å². The van der Waals surface area contributed by atoms with Crippen LogP contribution in [-0.4, -0.2) is 37.8 Å². The first-order valence-electron chi connectivity index (χ1n) is 8.80. The summed E-state index contributed by atoms with van der Waals surface area (Å²) in [6.45, 7) is 1.12. The van der Waals surface area contributed by atoms with Crippen molar-refractivity contribution in [3.63, 3.8) is 0 Å². The van der Waals surface area contributed by atoms with Crippen molar-refractivity contribution < 1.29 is 19.1 Å². The summed E-state index contributed by atoms with van der Waals surface area (Å²) < 4.78 is 10.9. The highest BCUT2D eigenvalue weighted by Crippen LogP contribution is 2.24. The molecule has 0 spiro atoms. The van der Waals surface area contributed by atoms with E-state index < -0.39 is 6.09 Å². The van der Waals surface area contributed by atoms with Gasteiger partial charge in [-0.1, -0.05) is 35.9 Å². The van der Waals surface area contributed by atoms with Crippen molar-refractivity contribution in [2.75, 3.05) is 24.6 Å². The number of nitrogens with zero attached hydrogens (tertiary/aromatic N) is 1. The van der Waals surface area contributed by atoms with Crippen LogP contribution in [0, 0.1) is 0 Å². The summed E-state index contributed by atoms with van der Waals surface area (Å²) in [4.78, 5) is 25.5. The standard InChI is InChI=1S/C20H21ClN2O4/c21-15-6-4-7-16(12-15)23-14-18(27-20(23)25)13-22-19(24)10-5-11-26-17-8-2-1-3-9-17/h1-4,6-9,12,18H,5,10-11,13-14H2,(H,22,24). The SMILES string of the molecule is O=C(CCCOc1ccccc1)NCC1CN(c2cccc(Cl)c2)C(=O)O1. The predicted octanol–water partition coefficient (Wildman–Crippen LogP) is 3.64. The molecule has 0 saturated carbocycles. The minimum Gasteiger partial charge on any atom is -0.494 e. The van der Waals surface area contributed by atoms with Gasteiger partial charge in [-0.05, 0) is 36.8 Å². The van der Waals surface area contributed by atoms with Gasteiger partial charge in [0.05, 0.1) is 19.7 Å². The van der Waals surface area contributed by atoms with Crippen molar-refractivity contribution in [1.29, 1.82) is 0 Å². The average Bonchev–Trinajstić information content (AvgIpc) is 3.05. The predicted molar refractivity (Wildman–Crippen MR) is 103 cm³/mol. The molecular formula is C20H21ClN2O4. The molecule has 2 aromatic carbocycles. The molecule has 1 heterocycles. The number of amides is 2. The molecule has 0 radical (unpaired) electrons. The Balaban J connectivity index is 1.36. The Labute approximate surface area is 163 Å². The van der Waals surface area contributed by atoms with E-state index in [1.807, 2.05) is 30.3 Å². The number of anilines is 1. The molecule has 7 heteroatoms. The van der Waals surface area contributed by atoms with Gasteiger partial charge in [-0.15, -0.1) is 0 Å². The fourth-order valence-electron chi connectivity index (χ4n) is 2.74. The summed E-state index contributed by atoms with van der Waals surface area (Å²) in [6, 6.07) is 16.5. The minimum atomic E-state index is -0.437. The smallest absolute Gasteiger partial charge is 0.414 e. The average molecular weight is 389 g/mol. The Hall–Kier alpha value is -2.73. The maximum atomic E-state index is 12.0. The molecule has 27 heavy (non-hydrogen) atoms. The van der Waals surface area contributed by atoms with E-state index >= 15 is 0 Å². The molecule has 0 aliphatic carbocycles. The Kier molecular flexibility index (Phi) is 6.54. The van der Waals surface area contributed by atoms with Crippen molar-refractivity contribution in [2.24, 2.45) is 0 Å². The van der Waals surface area contributed by atoms with Crippen LogP contribution in [0.2, 0.25) is 5.02 Å². The largest absolute Gasteiger partial charge is 0.494 e. The zero-order chi connectivity index (χ0) is 19.1. The Morgan fingerprint density at radius 3 is 2.81 bits per heavy atom. The minimum absolute atomic E-state index is 0.0936. The molecule has 1 aliphatic heterocycles. The molecule has 1 saturated heterocycles. The number of nitrogens with one attached hydrogen (secondary N) is 1. The van der Waals surface area contributed by atoms with Crippen molar-refractivity contribution in [3.8, 4) is 5.75 Å². The second-order valence-electron chi connectivity index (χ2n) is 6.17. The number of hydrogen-bond donors (Lipinski definition) is 1. The van der Waals surface area contributed by atoms with Crippen molar-refractivity contribution >= 4 is 29.3 Å². The fraction of sp³-hybridized carbons (Fsp3) is 0.300. The van der Waals surface area contributed by atoms with Gasteiger partial charge in [-0.25, -0.2) is 4.79 Å². The number of para-hydroxylation sites is 1. The number of cyclic esters (lactones) is 1. The highest BCUT2D eigenvalue weighted by Gasteiger charge is 2.32. The second-order valence-corrected chi connectivity index (χ2v) is 6.60. The molecule has 1 aliphatic rings. The number of hydrogen-bond acceptors (Lipinski definition) is 4. The van der Waals surface area contributed by atoms with E-state index in [1.165, 1.54) is 4.90 Å². The van der Waals surface area contributed by atoms with E-state index in [0.29, 0.717) is 36.7 Å². The lowest BCUT2D eigenvalue weighted by Crippen LogP contribution is -2.34. The van der Waals surface area contributed by atoms with E-state index in [2.05, 4.69) is 5.32 Å². The maximum absolute atomic E-state index is 12.0. The van der Waals surface area contributed by atoms with Crippen LogP contribution < -0.4 is 15.0 Å². The van der Waals surface area contributed by atoms with Gasteiger partial charge < -0.3 is 14.8 Å². The van der Waals surface area contributed by atoms with E-state index in [-0.39, 0.29) is 18.6 Å². The monoisotopic (exact) mass is 388 g/mol. The van der Waals surface area contributed by atoms with Crippen molar-refractivity contribution in [1.82, 2.24) is 5.32 Å². The molecule has 0 aromatic heterocycles. The zero-order valence-corrected chi connectivity index (χ0v) is 15.5. The van der Waals surface area contributed by atoms with Crippen LogP contribution in [0.5, 0.6) is 5.75 Å². The van der Waals surface area contributed by atoms with E-state index in [4.69, 9.17) is 21.1 Å². The van der Waals surface area contributed by atoms with Crippen molar-refractivity contribution in [3.05, 3.63) is 59.6 Å². The lowest BCUT2D eigenvalue weighted by Gasteiger charge is -2.13. The highest BCUT2D eigenvalue weighted by atomic mass is 35.5. The first kappa shape index (κ1) is 19.0. The van der Waals surface area contributed by atoms with E-state index in [1.54, 1.807) is 24.3 Å². The molecule has 1 atom stereocenters. The van der Waals surface area contributed by atoms with Crippen LogP contribution in [-0.2, 0) is 9.53 Å². The van der Waals surface area contributed by atoms with Crippen LogP contribution in [0.1, 0.15) is 12.8 Å². The number of ether oxygens (including phenoxy) is 2. The Morgan fingerprint density at radius 2 is 2.04 bits per heavy atom. The van der Waals surface area contributed by atoms with Gasteiger partial charge in [0, 0.05) is 17.1 Å². The number of benzene rings is 2. The summed E-state index contributed by atoms with van der Waals surface area (Å²) in [5, 5.41) is 3.35. The Bertz CT molecular complexity index is 785. The zero-order valence-electron chi connectivity index (χ0n) is 14.8. The highest BCUT2D eigenvalue weighted by molar-refractivity contribution is 6.30. The maximum Gasteiger partial charge on any atom is 0.414 e. The van der Waals surface area contributed by atoms with Crippen LogP contribution in [0.25, 0.3) is 0 Å². The van der Waals surface area contributed by atoms with Crippen molar-refractivity contribution in [2.45, 2.75) is 18.9 Å². The summed E-state index contributed by atoms with van der Waals surface area (Å²) in [7, 11) is 0. The molecular weight excluding hydrogens is 368 g/mol.